The maximum Gasteiger partial charge on any atom is 0.255 e. The zero-order valence-corrected chi connectivity index (χ0v) is 17.9. The van der Waals surface area contributed by atoms with Crippen LogP contribution in [-0.2, 0) is 10.2 Å². The van der Waals surface area contributed by atoms with Crippen LogP contribution in [-0.4, -0.2) is 32.9 Å². The van der Waals surface area contributed by atoms with Crippen LogP contribution >= 0.6 is 0 Å². The Morgan fingerprint density at radius 3 is 2.35 bits per heavy atom. The number of carbonyl (C=O) groups excluding carboxylic acids is 2. The minimum absolute atomic E-state index is 0.00769. The van der Waals surface area contributed by atoms with E-state index in [9.17, 15) is 14.7 Å². The van der Waals surface area contributed by atoms with Crippen molar-refractivity contribution in [2.75, 3.05) is 10.2 Å². The fourth-order valence-electron chi connectivity index (χ4n) is 3.92. The Morgan fingerprint density at radius 2 is 1.74 bits per heavy atom. The van der Waals surface area contributed by atoms with E-state index in [4.69, 9.17) is 0 Å². The second-order valence-electron chi connectivity index (χ2n) is 8.44. The second kappa shape index (κ2) is 7.50. The highest BCUT2D eigenvalue weighted by Crippen LogP contribution is 2.48. The Hall–Kier alpha value is -3.74. The fourth-order valence-corrected chi connectivity index (χ4v) is 3.92. The predicted octanol–water partition coefficient (Wildman–Crippen LogP) is 4.13. The van der Waals surface area contributed by atoms with Crippen LogP contribution in [0, 0.1) is 0 Å². The SMILES string of the molecule is CC(C)N1C(=O)C(C)(C)c2cc(C(=O)Nc3ccc(O)cc3)cc(-c3cncnc3)c21. The molecule has 0 unspecified atom stereocenters. The van der Waals surface area contributed by atoms with Crippen LogP contribution in [0.2, 0.25) is 0 Å². The van der Waals surface area contributed by atoms with Gasteiger partial charge in [0.15, 0.2) is 0 Å². The summed E-state index contributed by atoms with van der Waals surface area (Å²) in [6.45, 7) is 7.70. The number of anilines is 2. The van der Waals surface area contributed by atoms with Gasteiger partial charge in [-0.15, -0.1) is 0 Å². The summed E-state index contributed by atoms with van der Waals surface area (Å²) in [5, 5.41) is 12.3. The van der Waals surface area contributed by atoms with Crippen molar-refractivity contribution in [1.29, 1.82) is 0 Å². The van der Waals surface area contributed by atoms with Gasteiger partial charge < -0.3 is 15.3 Å². The number of phenolic OH excluding ortho intramolecular Hbond substituents is 1. The van der Waals surface area contributed by atoms with E-state index in [1.165, 1.54) is 18.5 Å². The topological polar surface area (TPSA) is 95.4 Å². The first kappa shape index (κ1) is 20.5. The number of rotatable bonds is 4. The van der Waals surface area contributed by atoms with Gasteiger partial charge in [-0.25, -0.2) is 9.97 Å². The summed E-state index contributed by atoms with van der Waals surface area (Å²) in [4.78, 5) is 36.4. The number of nitrogens with one attached hydrogen (secondary N) is 1. The predicted molar refractivity (Wildman–Crippen MR) is 119 cm³/mol. The standard InChI is InChI=1S/C24H24N4O3/c1-14(2)28-21-19(16-11-25-13-26-12-16)9-15(10-20(21)24(3,4)23(28)31)22(30)27-17-5-7-18(29)8-6-17/h5-14,29H,1-4H3,(H,27,30). The molecule has 2 heterocycles. The summed E-state index contributed by atoms with van der Waals surface area (Å²) in [5.41, 5.74) is 3.27. The molecular formula is C24H24N4O3. The summed E-state index contributed by atoms with van der Waals surface area (Å²) in [5.74, 6) is -0.194. The molecule has 158 valence electrons. The van der Waals surface area contributed by atoms with Gasteiger partial charge in [0.2, 0.25) is 5.91 Å². The third-order valence-electron chi connectivity index (χ3n) is 5.55. The molecule has 0 aliphatic carbocycles. The molecule has 0 bridgehead atoms. The number of benzene rings is 2. The summed E-state index contributed by atoms with van der Waals surface area (Å²) in [7, 11) is 0. The summed E-state index contributed by atoms with van der Waals surface area (Å²) in [6, 6.07) is 9.78. The summed E-state index contributed by atoms with van der Waals surface area (Å²) in [6.07, 6.45) is 4.80. The first-order valence-corrected chi connectivity index (χ1v) is 10.1. The van der Waals surface area contributed by atoms with Crippen molar-refractivity contribution in [3.63, 3.8) is 0 Å². The first-order valence-electron chi connectivity index (χ1n) is 10.1. The lowest BCUT2D eigenvalue weighted by molar-refractivity contribution is -0.122. The van der Waals surface area contributed by atoms with Crippen molar-refractivity contribution < 1.29 is 14.7 Å². The third-order valence-corrected chi connectivity index (χ3v) is 5.55. The average Bonchev–Trinajstić information content (AvgIpc) is 2.95. The molecule has 7 heteroatoms. The molecule has 1 aromatic heterocycles. The van der Waals surface area contributed by atoms with Crippen LogP contribution in [0.5, 0.6) is 5.75 Å². The zero-order chi connectivity index (χ0) is 22.3. The highest BCUT2D eigenvalue weighted by molar-refractivity contribution is 6.14. The van der Waals surface area contributed by atoms with Gasteiger partial charge >= 0.3 is 0 Å². The van der Waals surface area contributed by atoms with Crippen molar-refractivity contribution in [1.82, 2.24) is 9.97 Å². The Bertz CT molecular complexity index is 1160. The number of carbonyl (C=O) groups is 2. The van der Waals surface area contributed by atoms with Gasteiger partial charge in [-0.3, -0.25) is 9.59 Å². The highest BCUT2D eigenvalue weighted by Gasteiger charge is 2.46. The number of aromatic hydroxyl groups is 1. The van der Waals surface area contributed by atoms with Gasteiger partial charge in [-0.1, -0.05) is 0 Å². The molecule has 0 radical (unpaired) electrons. The average molecular weight is 416 g/mol. The van der Waals surface area contributed by atoms with E-state index in [2.05, 4.69) is 15.3 Å². The molecule has 0 atom stereocenters. The summed E-state index contributed by atoms with van der Waals surface area (Å²) < 4.78 is 0. The van der Waals surface area contributed by atoms with E-state index >= 15 is 0 Å². The van der Waals surface area contributed by atoms with Gasteiger partial charge in [0.25, 0.3) is 5.91 Å². The minimum atomic E-state index is -0.779. The normalized spacial score (nSPS) is 14.6. The largest absolute Gasteiger partial charge is 0.508 e. The Labute approximate surface area is 180 Å². The molecule has 1 aliphatic rings. The smallest absolute Gasteiger partial charge is 0.255 e. The number of phenols is 1. The summed E-state index contributed by atoms with van der Waals surface area (Å²) >= 11 is 0. The van der Waals surface area contributed by atoms with Gasteiger partial charge in [-0.05, 0) is 69.7 Å². The van der Waals surface area contributed by atoms with E-state index in [1.807, 2.05) is 27.7 Å². The Morgan fingerprint density at radius 1 is 1.10 bits per heavy atom. The van der Waals surface area contributed by atoms with Crippen molar-refractivity contribution in [2.45, 2.75) is 39.2 Å². The molecular weight excluding hydrogens is 392 g/mol. The molecule has 31 heavy (non-hydrogen) atoms. The van der Waals surface area contributed by atoms with Crippen LogP contribution in [0.3, 0.4) is 0 Å². The molecule has 0 spiro atoms. The van der Waals surface area contributed by atoms with Gasteiger partial charge in [-0.2, -0.15) is 0 Å². The number of aromatic nitrogens is 2. The van der Waals surface area contributed by atoms with Crippen LogP contribution in [0.25, 0.3) is 11.1 Å². The van der Waals surface area contributed by atoms with Crippen LogP contribution in [0.15, 0.2) is 55.1 Å². The lowest BCUT2D eigenvalue weighted by Crippen LogP contribution is -2.40. The van der Waals surface area contributed by atoms with Crippen molar-refractivity contribution in [3.05, 3.63) is 66.2 Å². The molecule has 2 amide bonds. The molecule has 0 fully saturated rings. The zero-order valence-electron chi connectivity index (χ0n) is 17.9. The van der Waals surface area contributed by atoms with Crippen LogP contribution in [0.1, 0.15) is 43.6 Å². The van der Waals surface area contributed by atoms with Crippen LogP contribution < -0.4 is 10.2 Å². The van der Waals surface area contributed by atoms with E-state index in [-0.39, 0.29) is 23.6 Å². The van der Waals surface area contributed by atoms with E-state index in [0.29, 0.717) is 11.3 Å². The van der Waals surface area contributed by atoms with E-state index in [0.717, 1.165) is 22.4 Å². The lowest BCUT2D eigenvalue weighted by atomic mass is 9.83. The second-order valence-corrected chi connectivity index (χ2v) is 8.44. The van der Waals surface area contributed by atoms with Crippen molar-refractivity contribution in [3.8, 4) is 16.9 Å². The van der Waals surface area contributed by atoms with E-state index < -0.39 is 5.41 Å². The maximum atomic E-state index is 13.3. The molecule has 3 aromatic rings. The van der Waals surface area contributed by atoms with E-state index in [1.54, 1.807) is 41.6 Å². The molecule has 2 aromatic carbocycles. The van der Waals surface area contributed by atoms with Gasteiger partial charge in [0.05, 0.1) is 11.1 Å². The Balaban J connectivity index is 1.88. The quantitative estimate of drug-likeness (QED) is 0.624. The molecule has 0 saturated carbocycles. The highest BCUT2D eigenvalue weighted by atomic mass is 16.3. The number of nitrogens with zero attached hydrogens (tertiary/aromatic N) is 3. The molecule has 0 saturated heterocycles. The number of hydrogen-bond donors (Lipinski definition) is 2. The molecule has 1 aliphatic heterocycles. The molecule has 7 nitrogen and oxygen atoms in total. The van der Waals surface area contributed by atoms with Crippen molar-refractivity contribution >= 4 is 23.2 Å². The monoisotopic (exact) mass is 416 g/mol. The third kappa shape index (κ3) is 3.52. The minimum Gasteiger partial charge on any atom is -0.508 e. The molecule has 4 rings (SSSR count). The number of fused-ring (bicyclic) bond motifs is 1. The first-order chi connectivity index (χ1) is 14.7. The number of hydrogen-bond acceptors (Lipinski definition) is 5. The maximum absolute atomic E-state index is 13.3. The van der Waals surface area contributed by atoms with Gasteiger partial charge in [0.1, 0.15) is 12.1 Å². The fraction of sp³-hybridized carbons (Fsp3) is 0.250. The van der Waals surface area contributed by atoms with Crippen LogP contribution in [0.4, 0.5) is 11.4 Å². The number of amides is 2. The lowest BCUT2D eigenvalue weighted by Gasteiger charge is -2.25. The van der Waals surface area contributed by atoms with Crippen molar-refractivity contribution in [2.24, 2.45) is 0 Å². The Kier molecular flexibility index (Phi) is 4.97. The van der Waals surface area contributed by atoms with Gasteiger partial charge in [0, 0.05) is 40.8 Å². The molecule has 2 N–H and O–H groups in total.